The van der Waals surface area contributed by atoms with Crippen LogP contribution in [-0.2, 0) is 14.8 Å². The van der Waals surface area contributed by atoms with Crippen LogP contribution in [0.3, 0.4) is 0 Å². The topological polar surface area (TPSA) is 107 Å². The van der Waals surface area contributed by atoms with Crippen LogP contribution in [0, 0.1) is 23.1 Å². The molecule has 1 rings (SSSR count). The van der Waals surface area contributed by atoms with Crippen LogP contribution in [0.2, 0.25) is 0 Å². The van der Waals surface area contributed by atoms with Gasteiger partial charge in [0.2, 0.25) is 10.0 Å². The number of hydrogen-bond donors (Lipinski definition) is 2. The zero-order valence-electron chi connectivity index (χ0n) is 11.5. The number of aliphatic carboxylic acids is 1. The summed E-state index contributed by atoms with van der Waals surface area (Å²) in [7, 11) is -4.18. The van der Waals surface area contributed by atoms with E-state index in [9.17, 15) is 17.6 Å². The first-order valence-electron chi connectivity index (χ1n) is 6.12. The molecule has 1 atom stereocenters. The van der Waals surface area contributed by atoms with E-state index in [1.54, 1.807) is 19.9 Å². The Kier molecular flexibility index (Phi) is 5.41. The third-order valence-corrected chi connectivity index (χ3v) is 4.14. The summed E-state index contributed by atoms with van der Waals surface area (Å²) in [4.78, 5) is 10.6. The normalized spacial score (nSPS) is 12.9. The van der Waals surface area contributed by atoms with Crippen LogP contribution in [0.5, 0.6) is 0 Å². The lowest BCUT2D eigenvalue weighted by atomic mass is 10.1. The molecule has 0 heterocycles. The average molecular weight is 314 g/mol. The summed E-state index contributed by atoms with van der Waals surface area (Å²) in [6.45, 7) is 3.51. The summed E-state index contributed by atoms with van der Waals surface area (Å²) in [5.74, 6) is -2.32. The smallest absolute Gasteiger partial charge is 0.321 e. The van der Waals surface area contributed by atoms with Crippen LogP contribution in [0.15, 0.2) is 23.1 Å². The molecule has 0 aliphatic heterocycles. The van der Waals surface area contributed by atoms with Gasteiger partial charge in [-0.1, -0.05) is 13.8 Å². The van der Waals surface area contributed by atoms with Crippen molar-refractivity contribution in [2.45, 2.75) is 31.2 Å². The second-order valence-corrected chi connectivity index (χ2v) is 6.61. The van der Waals surface area contributed by atoms with E-state index in [2.05, 4.69) is 0 Å². The molecule has 2 N–H and O–H groups in total. The van der Waals surface area contributed by atoms with Crippen molar-refractivity contribution in [3.63, 3.8) is 0 Å². The predicted molar refractivity (Wildman–Crippen MR) is 72.3 cm³/mol. The number of sulfonamides is 1. The van der Waals surface area contributed by atoms with Crippen molar-refractivity contribution in [2.24, 2.45) is 5.92 Å². The molecule has 0 bridgehead atoms. The van der Waals surface area contributed by atoms with Crippen molar-refractivity contribution in [1.29, 1.82) is 5.26 Å². The first-order valence-corrected chi connectivity index (χ1v) is 7.60. The van der Waals surface area contributed by atoms with E-state index in [4.69, 9.17) is 10.4 Å². The van der Waals surface area contributed by atoms with Crippen molar-refractivity contribution in [1.82, 2.24) is 4.72 Å². The molecule has 0 amide bonds. The number of carbonyl (C=O) groups is 1. The van der Waals surface area contributed by atoms with Crippen LogP contribution >= 0.6 is 0 Å². The maximum atomic E-state index is 13.5. The van der Waals surface area contributed by atoms with E-state index in [0.717, 1.165) is 12.1 Å². The van der Waals surface area contributed by atoms with Gasteiger partial charge in [0.25, 0.3) is 0 Å². The number of halogens is 1. The Morgan fingerprint density at radius 1 is 1.48 bits per heavy atom. The largest absolute Gasteiger partial charge is 0.480 e. The summed E-state index contributed by atoms with van der Waals surface area (Å²) in [6, 6.07) is 3.05. The third kappa shape index (κ3) is 4.51. The van der Waals surface area contributed by atoms with Crippen molar-refractivity contribution in [3.8, 4) is 6.07 Å². The average Bonchev–Trinajstić information content (AvgIpc) is 2.36. The Labute approximate surface area is 122 Å². The molecule has 8 heteroatoms. The fourth-order valence-corrected chi connectivity index (χ4v) is 2.89. The summed E-state index contributed by atoms with van der Waals surface area (Å²) >= 11 is 0. The monoisotopic (exact) mass is 314 g/mol. The number of carboxylic acids is 1. The lowest BCUT2D eigenvalue weighted by Gasteiger charge is -2.16. The molecule has 0 aromatic heterocycles. The molecule has 21 heavy (non-hydrogen) atoms. The van der Waals surface area contributed by atoms with Gasteiger partial charge in [0.15, 0.2) is 0 Å². The van der Waals surface area contributed by atoms with Gasteiger partial charge in [-0.25, -0.2) is 12.8 Å². The van der Waals surface area contributed by atoms with Gasteiger partial charge < -0.3 is 5.11 Å². The highest BCUT2D eigenvalue weighted by Crippen LogP contribution is 2.16. The van der Waals surface area contributed by atoms with E-state index in [-0.39, 0.29) is 17.9 Å². The van der Waals surface area contributed by atoms with E-state index >= 15 is 0 Å². The van der Waals surface area contributed by atoms with Gasteiger partial charge in [0.05, 0.1) is 10.5 Å². The molecule has 0 radical (unpaired) electrons. The number of nitriles is 1. The second kappa shape index (κ2) is 6.65. The summed E-state index contributed by atoms with van der Waals surface area (Å²) < 4.78 is 39.6. The fraction of sp³-hybridized carbons (Fsp3) is 0.385. The maximum Gasteiger partial charge on any atom is 0.321 e. The van der Waals surface area contributed by atoms with Gasteiger partial charge in [0.1, 0.15) is 17.9 Å². The highest BCUT2D eigenvalue weighted by atomic mass is 32.2. The molecular weight excluding hydrogens is 299 g/mol. The van der Waals surface area contributed by atoms with Crippen LogP contribution in [0.4, 0.5) is 4.39 Å². The van der Waals surface area contributed by atoms with Gasteiger partial charge in [-0.05, 0) is 30.5 Å². The molecule has 0 aliphatic carbocycles. The summed E-state index contributed by atoms with van der Waals surface area (Å²) in [5.41, 5.74) is -0.286. The molecule has 0 fully saturated rings. The number of carboxylic acid groups (broad SMARTS) is 1. The predicted octanol–water partition coefficient (Wildman–Crippen LogP) is 1.47. The molecule has 6 nitrogen and oxygen atoms in total. The van der Waals surface area contributed by atoms with Crippen molar-refractivity contribution < 1.29 is 22.7 Å². The van der Waals surface area contributed by atoms with Crippen molar-refractivity contribution in [2.75, 3.05) is 0 Å². The lowest BCUT2D eigenvalue weighted by Crippen LogP contribution is -2.41. The summed E-state index contributed by atoms with van der Waals surface area (Å²) in [5, 5.41) is 17.6. The molecule has 0 unspecified atom stereocenters. The molecular formula is C13H15FN2O4S. The van der Waals surface area contributed by atoms with Crippen LogP contribution in [0.1, 0.15) is 25.8 Å². The SMILES string of the molecule is CC(C)C[C@@H](NS(=O)(=O)c1ccc(C#N)c(F)c1)C(=O)O. The molecule has 1 aromatic carbocycles. The Morgan fingerprint density at radius 3 is 2.52 bits per heavy atom. The summed E-state index contributed by atoms with van der Waals surface area (Å²) in [6.07, 6.45) is 0.104. The van der Waals surface area contributed by atoms with E-state index in [1.807, 2.05) is 4.72 Å². The van der Waals surface area contributed by atoms with E-state index in [0.29, 0.717) is 6.07 Å². The zero-order chi connectivity index (χ0) is 16.2. The highest BCUT2D eigenvalue weighted by molar-refractivity contribution is 7.89. The van der Waals surface area contributed by atoms with Crippen LogP contribution < -0.4 is 4.72 Å². The first-order chi connectivity index (χ1) is 9.67. The number of nitrogens with zero attached hydrogens (tertiary/aromatic N) is 1. The number of nitrogens with one attached hydrogen (secondary N) is 1. The second-order valence-electron chi connectivity index (χ2n) is 4.90. The van der Waals surface area contributed by atoms with Crippen LogP contribution in [0.25, 0.3) is 0 Å². The highest BCUT2D eigenvalue weighted by Gasteiger charge is 2.26. The molecule has 1 aromatic rings. The Hall–Kier alpha value is -1.98. The molecule has 0 aliphatic rings. The standard InChI is InChI=1S/C13H15FN2O4S/c1-8(2)5-12(13(17)18)16-21(19,20)10-4-3-9(7-15)11(14)6-10/h3-4,6,8,12,16H,5H2,1-2H3,(H,17,18)/t12-/m1/s1. The van der Waals surface area contributed by atoms with Gasteiger partial charge in [0, 0.05) is 0 Å². The van der Waals surface area contributed by atoms with Crippen LogP contribution in [-0.4, -0.2) is 25.5 Å². The Morgan fingerprint density at radius 2 is 2.10 bits per heavy atom. The minimum Gasteiger partial charge on any atom is -0.480 e. The van der Waals surface area contributed by atoms with Gasteiger partial charge in [-0.15, -0.1) is 0 Å². The molecule has 114 valence electrons. The Bertz CT molecular complexity index is 680. The molecule has 0 saturated heterocycles. The van der Waals surface area contributed by atoms with Gasteiger partial charge in [-0.2, -0.15) is 9.98 Å². The Balaban J connectivity index is 3.08. The number of rotatable bonds is 6. The quantitative estimate of drug-likeness (QED) is 0.827. The van der Waals surface area contributed by atoms with E-state index in [1.165, 1.54) is 0 Å². The molecule has 0 saturated carbocycles. The van der Waals surface area contributed by atoms with Crippen molar-refractivity contribution >= 4 is 16.0 Å². The number of hydrogen-bond acceptors (Lipinski definition) is 4. The fourth-order valence-electron chi connectivity index (χ4n) is 1.68. The number of benzene rings is 1. The zero-order valence-corrected chi connectivity index (χ0v) is 12.3. The van der Waals surface area contributed by atoms with Crippen molar-refractivity contribution in [3.05, 3.63) is 29.6 Å². The minimum atomic E-state index is -4.18. The lowest BCUT2D eigenvalue weighted by molar-refractivity contribution is -0.139. The maximum absolute atomic E-state index is 13.5. The van der Waals surface area contributed by atoms with Gasteiger partial charge >= 0.3 is 5.97 Å². The minimum absolute atomic E-state index is 0.0356. The van der Waals surface area contributed by atoms with E-state index < -0.39 is 32.7 Å². The first kappa shape index (κ1) is 17.1. The third-order valence-electron chi connectivity index (χ3n) is 2.67. The molecule has 0 spiro atoms. The van der Waals surface area contributed by atoms with Gasteiger partial charge in [-0.3, -0.25) is 4.79 Å².